The second-order valence-electron chi connectivity index (χ2n) is 7.24. The van der Waals surface area contributed by atoms with E-state index in [2.05, 4.69) is 5.32 Å². The highest BCUT2D eigenvalue weighted by atomic mass is 19.1. The van der Waals surface area contributed by atoms with Crippen molar-refractivity contribution >= 4 is 29.2 Å². The maximum absolute atomic E-state index is 14.0. The van der Waals surface area contributed by atoms with Crippen LogP contribution in [0, 0.1) is 25.6 Å². The zero-order valence-corrected chi connectivity index (χ0v) is 16.6. The van der Waals surface area contributed by atoms with Gasteiger partial charge in [-0.1, -0.05) is 29.8 Å². The van der Waals surface area contributed by atoms with Gasteiger partial charge in [0.2, 0.25) is 5.91 Å². The Bertz CT molecular complexity index is 960. The molecule has 0 unspecified atom stereocenters. The van der Waals surface area contributed by atoms with Gasteiger partial charge in [-0.25, -0.2) is 4.39 Å². The predicted molar refractivity (Wildman–Crippen MR) is 107 cm³/mol. The topological polar surface area (TPSA) is 75.7 Å². The lowest BCUT2D eigenvalue weighted by atomic mass is 10.1. The number of carbonyl (C=O) groups excluding carboxylic acids is 3. The Morgan fingerprint density at radius 3 is 2.62 bits per heavy atom. The SMILES string of the molecule is Cc1ccc(NC(=O)[C@@H](C)OC(=O)[C@H]2CC(=O)N(c3ccccc3F)C2)c(C)c1. The lowest BCUT2D eigenvalue weighted by molar-refractivity contribution is -0.157. The molecule has 0 aliphatic carbocycles. The van der Waals surface area contributed by atoms with Crippen LogP contribution in [-0.4, -0.2) is 30.4 Å². The summed E-state index contributed by atoms with van der Waals surface area (Å²) in [4.78, 5) is 38.3. The molecule has 1 aliphatic heterocycles. The minimum Gasteiger partial charge on any atom is -0.452 e. The van der Waals surface area contributed by atoms with Gasteiger partial charge >= 0.3 is 5.97 Å². The molecule has 0 bridgehead atoms. The summed E-state index contributed by atoms with van der Waals surface area (Å²) in [6.07, 6.45) is -1.11. The molecule has 2 aromatic rings. The average Bonchev–Trinajstić information content (AvgIpc) is 3.06. The molecule has 1 heterocycles. The highest BCUT2D eigenvalue weighted by molar-refractivity contribution is 6.00. The van der Waals surface area contributed by atoms with Crippen LogP contribution >= 0.6 is 0 Å². The number of esters is 1. The zero-order chi connectivity index (χ0) is 21.1. The summed E-state index contributed by atoms with van der Waals surface area (Å²) in [5.41, 5.74) is 2.75. The number of nitrogens with zero attached hydrogens (tertiary/aromatic N) is 1. The van der Waals surface area contributed by atoms with Gasteiger partial charge in [0, 0.05) is 18.7 Å². The smallest absolute Gasteiger partial charge is 0.312 e. The second-order valence-corrected chi connectivity index (χ2v) is 7.24. The van der Waals surface area contributed by atoms with E-state index in [-0.39, 0.29) is 24.6 Å². The number of ether oxygens (including phenoxy) is 1. The first-order valence-electron chi connectivity index (χ1n) is 9.39. The van der Waals surface area contributed by atoms with E-state index < -0.39 is 29.7 Å². The summed E-state index contributed by atoms with van der Waals surface area (Å²) in [6.45, 7) is 5.32. The highest BCUT2D eigenvalue weighted by Gasteiger charge is 2.38. The van der Waals surface area contributed by atoms with Crippen LogP contribution in [0.25, 0.3) is 0 Å². The van der Waals surface area contributed by atoms with Crippen LogP contribution in [-0.2, 0) is 19.1 Å². The Kier molecular flexibility index (Phi) is 5.96. The molecule has 2 aromatic carbocycles. The first-order chi connectivity index (χ1) is 13.8. The third kappa shape index (κ3) is 4.62. The van der Waals surface area contributed by atoms with Crippen molar-refractivity contribution in [3.63, 3.8) is 0 Å². The van der Waals surface area contributed by atoms with Crippen LogP contribution in [0.4, 0.5) is 15.8 Å². The van der Waals surface area contributed by atoms with Crippen molar-refractivity contribution in [2.45, 2.75) is 33.3 Å². The number of amides is 2. The Balaban J connectivity index is 1.60. The van der Waals surface area contributed by atoms with Crippen molar-refractivity contribution in [1.82, 2.24) is 0 Å². The van der Waals surface area contributed by atoms with Gasteiger partial charge in [-0.05, 0) is 44.5 Å². The minimum absolute atomic E-state index is 0.0179. The first kappa shape index (κ1) is 20.5. The van der Waals surface area contributed by atoms with Crippen LogP contribution in [0.15, 0.2) is 42.5 Å². The molecule has 0 radical (unpaired) electrons. The average molecular weight is 398 g/mol. The largest absolute Gasteiger partial charge is 0.452 e. The molecule has 2 atom stereocenters. The van der Waals surface area contributed by atoms with Crippen molar-refractivity contribution in [2.24, 2.45) is 5.92 Å². The van der Waals surface area contributed by atoms with E-state index >= 15 is 0 Å². The fourth-order valence-corrected chi connectivity index (χ4v) is 3.28. The van der Waals surface area contributed by atoms with E-state index in [9.17, 15) is 18.8 Å². The summed E-state index contributed by atoms with van der Waals surface area (Å²) in [5.74, 6) is -2.75. The summed E-state index contributed by atoms with van der Waals surface area (Å²) >= 11 is 0. The number of rotatable bonds is 5. The predicted octanol–water partition coefficient (Wildman–Crippen LogP) is 3.37. The number of hydrogen-bond acceptors (Lipinski definition) is 4. The number of halogens is 1. The van der Waals surface area contributed by atoms with Gasteiger partial charge < -0.3 is 15.0 Å². The molecule has 1 fully saturated rings. The van der Waals surface area contributed by atoms with Gasteiger partial charge in [0.05, 0.1) is 11.6 Å². The Labute approximate surface area is 168 Å². The monoisotopic (exact) mass is 398 g/mol. The van der Waals surface area contributed by atoms with E-state index in [1.54, 1.807) is 12.1 Å². The molecule has 152 valence electrons. The van der Waals surface area contributed by atoms with Gasteiger partial charge in [0.1, 0.15) is 5.82 Å². The van der Waals surface area contributed by atoms with Gasteiger partial charge in [-0.2, -0.15) is 0 Å². The summed E-state index contributed by atoms with van der Waals surface area (Å²) in [5, 5.41) is 2.74. The van der Waals surface area contributed by atoms with Crippen molar-refractivity contribution in [3.8, 4) is 0 Å². The van der Waals surface area contributed by atoms with Gasteiger partial charge in [-0.15, -0.1) is 0 Å². The Hall–Kier alpha value is -3.22. The quantitative estimate of drug-likeness (QED) is 0.784. The van der Waals surface area contributed by atoms with Crippen LogP contribution in [0.3, 0.4) is 0 Å². The van der Waals surface area contributed by atoms with Crippen LogP contribution in [0.5, 0.6) is 0 Å². The molecule has 29 heavy (non-hydrogen) atoms. The van der Waals surface area contributed by atoms with Crippen LogP contribution < -0.4 is 10.2 Å². The minimum atomic E-state index is -1.03. The maximum atomic E-state index is 14.0. The molecule has 7 heteroatoms. The third-order valence-electron chi connectivity index (χ3n) is 4.90. The van der Waals surface area contributed by atoms with Crippen molar-refractivity contribution < 1.29 is 23.5 Å². The number of hydrogen-bond donors (Lipinski definition) is 1. The summed E-state index contributed by atoms with van der Waals surface area (Å²) in [6, 6.07) is 11.5. The highest BCUT2D eigenvalue weighted by Crippen LogP contribution is 2.28. The van der Waals surface area contributed by atoms with Gasteiger partial charge in [-0.3, -0.25) is 14.4 Å². The Morgan fingerprint density at radius 1 is 1.21 bits per heavy atom. The van der Waals surface area contributed by atoms with E-state index in [0.717, 1.165) is 11.1 Å². The van der Waals surface area contributed by atoms with E-state index in [4.69, 9.17) is 4.74 Å². The molecule has 1 N–H and O–H groups in total. The molecule has 6 nitrogen and oxygen atoms in total. The molecule has 1 aliphatic rings. The molecule has 3 rings (SSSR count). The molecule has 0 aromatic heterocycles. The number of carbonyl (C=O) groups is 3. The maximum Gasteiger partial charge on any atom is 0.312 e. The molecule has 0 spiro atoms. The molecule has 1 saturated heterocycles. The molecular weight excluding hydrogens is 375 g/mol. The van der Waals surface area contributed by atoms with Crippen molar-refractivity contribution in [3.05, 3.63) is 59.4 Å². The van der Waals surface area contributed by atoms with Crippen molar-refractivity contribution in [2.75, 3.05) is 16.8 Å². The van der Waals surface area contributed by atoms with Crippen LogP contribution in [0.2, 0.25) is 0 Å². The van der Waals surface area contributed by atoms with Crippen molar-refractivity contribution in [1.29, 1.82) is 0 Å². The second kappa shape index (κ2) is 8.43. The number of para-hydroxylation sites is 1. The standard InChI is InChI=1S/C22H23FN2O4/c1-13-8-9-18(14(2)10-13)24-21(27)15(3)29-22(28)16-11-20(26)25(12-16)19-7-5-4-6-17(19)23/h4-10,15-16H,11-12H2,1-3H3,(H,24,27)/t15-,16+/m1/s1. The van der Waals surface area contributed by atoms with E-state index in [1.807, 2.05) is 26.0 Å². The number of nitrogens with one attached hydrogen (secondary N) is 1. The number of benzene rings is 2. The molecule has 2 amide bonds. The fraction of sp³-hybridized carbons (Fsp3) is 0.318. The molecular formula is C22H23FN2O4. The lowest BCUT2D eigenvalue weighted by Gasteiger charge is -2.18. The lowest BCUT2D eigenvalue weighted by Crippen LogP contribution is -2.33. The summed E-state index contributed by atoms with van der Waals surface area (Å²) in [7, 11) is 0. The van der Waals surface area contributed by atoms with Gasteiger partial charge in [0.15, 0.2) is 6.10 Å². The summed E-state index contributed by atoms with van der Waals surface area (Å²) < 4.78 is 19.2. The molecule has 0 saturated carbocycles. The Morgan fingerprint density at radius 2 is 1.93 bits per heavy atom. The van der Waals surface area contributed by atoms with E-state index in [0.29, 0.717) is 5.69 Å². The number of anilines is 2. The van der Waals surface area contributed by atoms with Gasteiger partial charge in [0.25, 0.3) is 5.91 Å². The first-order valence-corrected chi connectivity index (χ1v) is 9.39. The van der Waals surface area contributed by atoms with E-state index in [1.165, 1.54) is 30.0 Å². The normalized spacial score (nSPS) is 17.2. The number of aryl methyl sites for hydroxylation is 2. The van der Waals surface area contributed by atoms with Crippen LogP contribution in [0.1, 0.15) is 24.5 Å². The fourth-order valence-electron chi connectivity index (χ4n) is 3.28. The zero-order valence-electron chi connectivity index (χ0n) is 16.6. The third-order valence-corrected chi connectivity index (χ3v) is 4.90.